The van der Waals surface area contributed by atoms with Crippen LogP contribution in [0.15, 0.2) is 18.2 Å². The second-order valence-corrected chi connectivity index (χ2v) is 5.13. The maximum atomic E-state index is 13.6. The summed E-state index contributed by atoms with van der Waals surface area (Å²) in [5, 5.41) is 5.55. The summed E-state index contributed by atoms with van der Waals surface area (Å²) in [4.78, 5) is 13.4. The molecule has 2 N–H and O–H groups in total. The summed E-state index contributed by atoms with van der Waals surface area (Å²) in [6.45, 7) is 3.70. The molecule has 0 aliphatic rings. The molecule has 1 rings (SSSR count). The third-order valence-electron chi connectivity index (χ3n) is 2.87. The van der Waals surface area contributed by atoms with Crippen molar-refractivity contribution >= 4 is 6.03 Å². The number of urea groups is 1. The Balaban J connectivity index is 2.49. The number of benzene rings is 1. The van der Waals surface area contributed by atoms with Crippen LogP contribution in [0.4, 0.5) is 9.18 Å². The van der Waals surface area contributed by atoms with Gasteiger partial charge >= 0.3 is 6.03 Å². The van der Waals surface area contributed by atoms with E-state index in [9.17, 15) is 9.18 Å². The number of halogens is 1. The number of hydrogen-bond donors (Lipinski definition) is 2. The Labute approximate surface area is 120 Å². The number of rotatable bonds is 7. The molecule has 1 aromatic carbocycles. The van der Waals surface area contributed by atoms with Crippen molar-refractivity contribution in [1.29, 1.82) is 0 Å². The quantitative estimate of drug-likeness (QED) is 0.754. The van der Waals surface area contributed by atoms with Gasteiger partial charge in [0.1, 0.15) is 5.82 Å². The van der Waals surface area contributed by atoms with E-state index >= 15 is 0 Å². The average Bonchev–Trinajstić information content (AvgIpc) is 2.39. The number of carbonyl (C=O) groups excluding carboxylic acids is 1. The number of carbonyl (C=O) groups is 1. The van der Waals surface area contributed by atoms with Crippen LogP contribution in [0, 0.1) is 5.82 Å². The van der Waals surface area contributed by atoms with Crippen molar-refractivity contribution in [2.24, 2.45) is 0 Å². The van der Waals surface area contributed by atoms with Crippen LogP contribution >= 0.6 is 0 Å². The number of nitrogens with zero attached hydrogens (tertiary/aromatic N) is 1. The maximum absolute atomic E-state index is 13.6. The smallest absolute Gasteiger partial charge is 0.315 e. The van der Waals surface area contributed by atoms with Crippen LogP contribution in [-0.2, 0) is 13.1 Å². The molecule has 0 radical (unpaired) electrons. The fourth-order valence-electron chi connectivity index (χ4n) is 1.82. The molecule has 4 nitrogen and oxygen atoms in total. The van der Waals surface area contributed by atoms with E-state index in [1.165, 1.54) is 6.07 Å². The molecule has 0 aromatic heterocycles. The highest BCUT2D eigenvalue weighted by Crippen LogP contribution is 2.12. The monoisotopic (exact) mass is 281 g/mol. The van der Waals surface area contributed by atoms with Gasteiger partial charge in [0.2, 0.25) is 0 Å². The fraction of sp³-hybridized carbons (Fsp3) is 0.533. The van der Waals surface area contributed by atoms with Gasteiger partial charge in [0, 0.05) is 25.2 Å². The van der Waals surface area contributed by atoms with E-state index in [2.05, 4.69) is 17.6 Å². The van der Waals surface area contributed by atoms with Gasteiger partial charge in [-0.1, -0.05) is 19.4 Å². The molecular weight excluding hydrogens is 257 g/mol. The van der Waals surface area contributed by atoms with Crippen molar-refractivity contribution < 1.29 is 9.18 Å². The maximum Gasteiger partial charge on any atom is 0.315 e. The highest BCUT2D eigenvalue weighted by atomic mass is 19.1. The zero-order valence-corrected chi connectivity index (χ0v) is 12.5. The first-order valence-electron chi connectivity index (χ1n) is 6.96. The molecule has 0 saturated carbocycles. The fourth-order valence-corrected chi connectivity index (χ4v) is 1.82. The van der Waals surface area contributed by atoms with Gasteiger partial charge in [-0.3, -0.25) is 0 Å². The number of nitrogens with one attached hydrogen (secondary N) is 2. The van der Waals surface area contributed by atoms with Crippen LogP contribution < -0.4 is 10.6 Å². The molecule has 0 aliphatic heterocycles. The molecule has 0 unspecified atom stereocenters. The van der Waals surface area contributed by atoms with Crippen LogP contribution in [-0.4, -0.2) is 31.6 Å². The van der Waals surface area contributed by atoms with Gasteiger partial charge in [0.15, 0.2) is 0 Å². The van der Waals surface area contributed by atoms with Gasteiger partial charge < -0.3 is 15.5 Å². The lowest BCUT2D eigenvalue weighted by atomic mass is 10.1. The summed E-state index contributed by atoms with van der Waals surface area (Å²) in [6, 6.07) is 4.75. The van der Waals surface area contributed by atoms with Crippen LogP contribution in [0.5, 0.6) is 0 Å². The lowest BCUT2D eigenvalue weighted by Crippen LogP contribution is -2.35. The predicted molar refractivity (Wildman–Crippen MR) is 78.9 cm³/mol. The number of amides is 2. The van der Waals surface area contributed by atoms with Crippen LogP contribution in [0.2, 0.25) is 0 Å². The molecule has 1 aromatic rings. The van der Waals surface area contributed by atoms with Crippen molar-refractivity contribution in [2.75, 3.05) is 20.6 Å². The molecule has 0 spiro atoms. The van der Waals surface area contributed by atoms with E-state index in [0.717, 1.165) is 18.4 Å². The molecule has 0 bridgehead atoms. The van der Waals surface area contributed by atoms with E-state index in [0.29, 0.717) is 25.2 Å². The molecule has 20 heavy (non-hydrogen) atoms. The summed E-state index contributed by atoms with van der Waals surface area (Å²) in [5.74, 6) is -0.213. The molecule has 0 fully saturated rings. The topological polar surface area (TPSA) is 44.4 Å². The zero-order valence-electron chi connectivity index (χ0n) is 12.5. The summed E-state index contributed by atoms with van der Waals surface area (Å²) in [5.41, 5.74) is 1.54. The third-order valence-corrected chi connectivity index (χ3v) is 2.87. The van der Waals surface area contributed by atoms with Crippen LogP contribution in [0.3, 0.4) is 0 Å². The zero-order chi connectivity index (χ0) is 15.0. The second kappa shape index (κ2) is 8.53. The normalized spacial score (nSPS) is 10.7. The first-order valence-corrected chi connectivity index (χ1v) is 6.96. The van der Waals surface area contributed by atoms with Crippen LogP contribution in [0.1, 0.15) is 30.9 Å². The molecule has 0 saturated heterocycles. The lowest BCUT2D eigenvalue weighted by Gasteiger charge is -2.12. The van der Waals surface area contributed by atoms with E-state index in [-0.39, 0.29) is 11.8 Å². The Kier molecular flexibility index (Phi) is 7.01. The Hall–Kier alpha value is -1.62. The van der Waals surface area contributed by atoms with Gasteiger partial charge in [0.25, 0.3) is 0 Å². The minimum absolute atomic E-state index is 0.183. The molecule has 0 aliphatic carbocycles. The van der Waals surface area contributed by atoms with Crippen molar-refractivity contribution in [2.45, 2.75) is 32.9 Å². The first-order chi connectivity index (χ1) is 9.52. The second-order valence-electron chi connectivity index (χ2n) is 5.13. The molecule has 5 heteroatoms. The highest BCUT2D eigenvalue weighted by molar-refractivity contribution is 5.73. The van der Waals surface area contributed by atoms with Crippen LogP contribution in [0.25, 0.3) is 0 Å². The highest BCUT2D eigenvalue weighted by Gasteiger charge is 2.06. The van der Waals surface area contributed by atoms with Crippen molar-refractivity contribution in [3.05, 3.63) is 35.1 Å². The van der Waals surface area contributed by atoms with Crippen molar-refractivity contribution in [3.63, 3.8) is 0 Å². The van der Waals surface area contributed by atoms with Gasteiger partial charge in [-0.15, -0.1) is 0 Å². The Morgan fingerprint density at radius 3 is 2.70 bits per heavy atom. The predicted octanol–water partition coefficient (Wildman–Crippen LogP) is 2.49. The standard InChI is InChI=1S/C15H24FN3O/c1-4-5-8-17-15(20)18-10-12-6-7-14(16)13(9-12)11-19(2)3/h6-7,9H,4-5,8,10-11H2,1-3H3,(H2,17,18,20). The molecule has 2 amide bonds. The van der Waals surface area contributed by atoms with Crippen molar-refractivity contribution in [3.8, 4) is 0 Å². The van der Waals surface area contributed by atoms with E-state index < -0.39 is 0 Å². The third kappa shape index (κ3) is 6.02. The SMILES string of the molecule is CCCCNC(=O)NCc1ccc(F)c(CN(C)C)c1. The van der Waals surface area contributed by atoms with E-state index in [4.69, 9.17) is 0 Å². The van der Waals surface area contributed by atoms with Crippen molar-refractivity contribution in [1.82, 2.24) is 15.5 Å². The van der Waals surface area contributed by atoms with Gasteiger partial charge in [0.05, 0.1) is 0 Å². The van der Waals surface area contributed by atoms with Gasteiger partial charge in [-0.25, -0.2) is 9.18 Å². The van der Waals surface area contributed by atoms with E-state index in [1.54, 1.807) is 12.1 Å². The molecular formula is C15H24FN3O. The minimum Gasteiger partial charge on any atom is -0.338 e. The lowest BCUT2D eigenvalue weighted by molar-refractivity contribution is 0.240. The summed E-state index contributed by atoms with van der Waals surface area (Å²) >= 11 is 0. The average molecular weight is 281 g/mol. The summed E-state index contributed by atoms with van der Waals surface area (Å²) in [6.07, 6.45) is 2.02. The Morgan fingerprint density at radius 1 is 1.30 bits per heavy atom. The molecule has 0 heterocycles. The number of unbranched alkanes of at least 4 members (excludes halogenated alkanes) is 1. The molecule has 0 atom stereocenters. The van der Waals surface area contributed by atoms with Gasteiger partial charge in [-0.2, -0.15) is 0 Å². The largest absolute Gasteiger partial charge is 0.338 e. The molecule has 112 valence electrons. The Morgan fingerprint density at radius 2 is 2.05 bits per heavy atom. The Bertz CT molecular complexity index is 435. The summed E-state index contributed by atoms with van der Waals surface area (Å²) < 4.78 is 13.6. The number of hydrogen-bond acceptors (Lipinski definition) is 2. The summed E-state index contributed by atoms with van der Waals surface area (Å²) in [7, 11) is 3.79. The first kappa shape index (κ1) is 16.4. The van der Waals surface area contributed by atoms with Gasteiger partial charge in [-0.05, 0) is 38.2 Å². The van der Waals surface area contributed by atoms with E-state index in [1.807, 2.05) is 19.0 Å². The minimum atomic E-state index is -0.213.